The van der Waals surface area contributed by atoms with E-state index in [2.05, 4.69) is 101 Å². The fourth-order valence-corrected chi connectivity index (χ4v) is 7.62. The maximum absolute atomic E-state index is 14.8. The van der Waals surface area contributed by atoms with E-state index < -0.39 is 0 Å². The Morgan fingerprint density at radius 2 is 1.57 bits per heavy atom. The topological polar surface area (TPSA) is 49.3 Å². The number of halogens is 1. The van der Waals surface area contributed by atoms with Crippen LogP contribution in [0.2, 0.25) is 5.02 Å². The maximum atomic E-state index is 14.8. The average molecular weight is 603 g/mol. The Balaban J connectivity index is 1.43. The van der Waals surface area contributed by atoms with Crippen LogP contribution in [0.4, 0.5) is 0 Å². The zero-order chi connectivity index (χ0) is 30.0. The Bertz CT molecular complexity index is 1710. The molecule has 2 fully saturated rings. The molecule has 0 saturated carbocycles. The van der Waals surface area contributed by atoms with Crippen LogP contribution in [0, 0.1) is 0 Å². The first-order valence-corrected chi connectivity index (χ1v) is 16.2. The van der Waals surface area contributed by atoms with Crippen molar-refractivity contribution in [1.82, 2.24) is 20.1 Å². The molecule has 2 N–H and O–H groups in total. The van der Waals surface area contributed by atoms with Gasteiger partial charge in [0, 0.05) is 65.3 Å². The molecule has 2 saturated heterocycles. The summed E-state index contributed by atoms with van der Waals surface area (Å²) in [4.78, 5) is 16.8. The molecule has 5 nitrogen and oxygen atoms in total. The molecular weight excluding hydrogens is 564 g/mol. The highest BCUT2D eigenvalue weighted by Gasteiger charge is 2.34. The molecule has 7 rings (SSSR count). The van der Waals surface area contributed by atoms with E-state index in [9.17, 15) is 4.79 Å². The second kappa shape index (κ2) is 12.6. The molecule has 6 heteroatoms. The van der Waals surface area contributed by atoms with Crippen molar-refractivity contribution >= 4 is 28.4 Å². The number of benzene rings is 4. The van der Waals surface area contributed by atoms with Gasteiger partial charge in [0.2, 0.25) is 0 Å². The van der Waals surface area contributed by atoms with Crippen molar-refractivity contribution in [2.45, 2.75) is 43.8 Å². The number of amides is 1. The summed E-state index contributed by atoms with van der Waals surface area (Å²) in [6, 6.07) is 36.0. The minimum absolute atomic E-state index is 0.0266. The number of rotatable bonds is 7. The normalized spacial score (nSPS) is 19.5. The predicted octanol–water partition coefficient (Wildman–Crippen LogP) is 7.57. The zero-order valence-electron chi connectivity index (χ0n) is 25.1. The van der Waals surface area contributed by atoms with E-state index in [0.717, 1.165) is 47.1 Å². The number of aromatic nitrogens is 1. The van der Waals surface area contributed by atoms with Gasteiger partial charge in [-0.05, 0) is 66.8 Å². The van der Waals surface area contributed by atoms with E-state index in [4.69, 9.17) is 11.6 Å². The second-order valence-electron chi connectivity index (χ2n) is 12.1. The summed E-state index contributed by atoms with van der Waals surface area (Å²) in [5.74, 6) is 0.0220. The maximum Gasteiger partial charge on any atom is 0.255 e. The van der Waals surface area contributed by atoms with Crippen molar-refractivity contribution in [3.8, 4) is 0 Å². The van der Waals surface area contributed by atoms with Crippen LogP contribution in [0.25, 0.3) is 10.9 Å². The summed E-state index contributed by atoms with van der Waals surface area (Å²) in [5, 5.41) is 8.95. The summed E-state index contributed by atoms with van der Waals surface area (Å²) in [7, 11) is 0. The Kier molecular flexibility index (Phi) is 8.26. The van der Waals surface area contributed by atoms with Crippen molar-refractivity contribution in [2.75, 3.05) is 26.2 Å². The quantitative estimate of drug-likeness (QED) is 0.202. The summed E-state index contributed by atoms with van der Waals surface area (Å²) in [6.45, 7) is 5.39. The van der Waals surface area contributed by atoms with Crippen molar-refractivity contribution in [3.05, 3.63) is 142 Å². The van der Waals surface area contributed by atoms with Gasteiger partial charge in [-0.3, -0.25) is 4.79 Å². The number of hydrogen-bond donors (Lipinski definition) is 2. The number of fused-ring (bicyclic) bond motifs is 1. The van der Waals surface area contributed by atoms with Crippen molar-refractivity contribution in [2.24, 2.45) is 0 Å². The first-order valence-electron chi connectivity index (χ1n) is 15.8. The Morgan fingerprint density at radius 1 is 0.864 bits per heavy atom. The van der Waals surface area contributed by atoms with Crippen molar-refractivity contribution < 1.29 is 4.79 Å². The fourth-order valence-electron chi connectivity index (χ4n) is 7.36. The smallest absolute Gasteiger partial charge is 0.255 e. The highest BCUT2D eigenvalue weighted by molar-refractivity contribution is 6.31. The number of nitrogens with zero attached hydrogens (tertiary/aromatic N) is 2. The van der Waals surface area contributed by atoms with Crippen LogP contribution in [0.1, 0.15) is 70.4 Å². The molecule has 0 spiro atoms. The number of carbonyl (C=O) groups is 1. The van der Waals surface area contributed by atoms with Gasteiger partial charge in [0.15, 0.2) is 0 Å². The molecule has 2 aliphatic heterocycles. The lowest BCUT2D eigenvalue weighted by atomic mass is 9.84. The Hall–Kier alpha value is -3.90. The molecule has 3 unspecified atom stereocenters. The van der Waals surface area contributed by atoms with Gasteiger partial charge < -0.3 is 20.1 Å². The molecule has 2 aliphatic rings. The summed E-state index contributed by atoms with van der Waals surface area (Å²) >= 11 is 6.70. The molecule has 0 aliphatic carbocycles. The van der Waals surface area contributed by atoms with Crippen LogP contribution in [0.5, 0.6) is 0 Å². The molecule has 3 atom stereocenters. The molecule has 44 heavy (non-hydrogen) atoms. The molecule has 1 aromatic heterocycles. The minimum Gasteiger partial charge on any atom is -0.343 e. The molecule has 1 amide bonds. The second-order valence-corrected chi connectivity index (χ2v) is 12.5. The molecular formula is C38H39ClN4O. The third-order valence-corrected chi connectivity index (χ3v) is 9.93. The van der Waals surface area contributed by atoms with Crippen LogP contribution in [0.15, 0.2) is 109 Å². The van der Waals surface area contributed by atoms with E-state index in [1.54, 1.807) is 0 Å². The SMILES string of the molecule is CC(C1CCCN1)n1cc(C(c2ccccc2)c2ccccc2)c2c(C(=O)N3CCNCC3c3ccccc3Cl)cccc21. The third kappa shape index (κ3) is 5.34. The monoisotopic (exact) mass is 602 g/mol. The number of hydrogen-bond acceptors (Lipinski definition) is 3. The van der Waals surface area contributed by atoms with Crippen LogP contribution >= 0.6 is 11.6 Å². The van der Waals surface area contributed by atoms with E-state index >= 15 is 0 Å². The fraction of sp³-hybridized carbons (Fsp3) is 0.289. The van der Waals surface area contributed by atoms with E-state index in [1.807, 2.05) is 35.2 Å². The highest BCUT2D eigenvalue weighted by atomic mass is 35.5. The van der Waals surface area contributed by atoms with Crippen LogP contribution in [0.3, 0.4) is 0 Å². The minimum atomic E-state index is -0.147. The lowest BCUT2D eigenvalue weighted by molar-refractivity contribution is 0.0636. The molecule has 3 heterocycles. The van der Waals surface area contributed by atoms with Crippen LogP contribution in [-0.2, 0) is 0 Å². The summed E-state index contributed by atoms with van der Waals surface area (Å²) < 4.78 is 2.42. The van der Waals surface area contributed by atoms with Gasteiger partial charge in [-0.2, -0.15) is 0 Å². The molecule has 224 valence electrons. The Morgan fingerprint density at radius 3 is 2.25 bits per heavy atom. The largest absolute Gasteiger partial charge is 0.343 e. The highest BCUT2D eigenvalue weighted by Crippen LogP contribution is 2.41. The average Bonchev–Trinajstić information content (AvgIpc) is 3.75. The number of carbonyl (C=O) groups excluding carboxylic acids is 1. The van der Waals surface area contributed by atoms with Gasteiger partial charge >= 0.3 is 0 Å². The van der Waals surface area contributed by atoms with E-state index in [1.165, 1.54) is 17.5 Å². The van der Waals surface area contributed by atoms with Gasteiger partial charge in [-0.1, -0.05) is 96.5 Å². The molecule has 5 aromatic rings. The van der Waals surface area contributed by atoms with Crippen molar-refractivity contribution in [3.63, 3.8) is 0 Å². The zero-order valence-corrected chi connectivity index (χ0v) is 25.9. The number of piperazine rings is 1. The van der Waals surface area contributed by atoms with Gasteiger partial charge in [0.05, 0.1) is 6.04 Å². The summed E-state index contributed by atoms with van der Waals surface area (Å²) in [5.41, 5.74) is 6.42. The van der Waals surface area contributed by atoms with Gasteiger partial charge in [0.25, 0.3) is 5.91 Å². The summed E-state index contributed by atoms with van der Waals surface area (Å²) in [6.07, 6.45) is 4.67. The molecule has 4 aromatic carbocycles. The van der Waals surface area contributed by atoms with Crippen LogP contribution in [-0.4, -0.2) is 47.6 Å². The van der Waals surface area contributed by atoms with E-state index in [-0.39, 0.29) is 23.9 Å². The lowest BCUT2D eigenvalue weighted by Gasteiger charge is -2.37. The molecule has 0 bridgehead atoms. The predicted molar refractivity (Wildman–Crippen MR) is 180 cm³/mol. The van der Waals surface area contributed by atoms with Crippen LogP contribution < -0.4 is 10.6 Å². The van der Waals surface area contributed by atoms with Crippen molar-refractivity contribution in [1.29, 1.82) is 0 Å². The Labute approximate surface area is 264 Å². The number of nitrogens with one attached hydrogen (secondary N) is 2. The first kappa shape index (κ1) is 28.8. The van der Waals surface area contributed by atoms with Gasteiger partial charge in [-0.25, -0.2) is 0 Å². The third-order valence-electron chi connectivity index (χ3n) is 9.58. The van der Waals surface area contributed by atoms with Gasteiger partial charge in [0.1, 0.15) is 0 Å². The standard InChI is InChI=1S/C38H39ClN4O/c1-26(33-19-11-21-41-33)43-25-31(36(27-12-4-2-5-13-27)28-14-6-3-7-15-28)37-30(17-10-20-34(37)43)38(44)42-23-22-40-24-35(42)29-16-8-9-18-32(29)39/h2-10,12-18,20,25-26,33,35-36,40-41H,11,19,21-24H2,1H3. The molecule has 0 radical (unpaired) electrons. The van der Waals surface area contributed by atoms with Gasteiger partial charge in [-0.15, -0.1) is 0 Å². The van der Waals surface area contributed by atoms with E-state index in [0.29, 0.717) is 24.2 Å². The first-order chi connectivity index (χ1) is 21.6. The lowest BCUT2D eigenvalue weighted by Crippen LogP contribution is -2.48.